The van der Waals surface area contributed by atoms with Crippen molar-refractivity contribution in [3.8, 4) is 11.3 Å². The van der Waals surface area contributed by atoms with Crippen molar-refractivity contribution < 1.29 is 9.59 Å². The second-order valence-electron chi connectivity index (χ2n) is 10.5. The minimum absolute atomic E-state index is 0.00568. The van der Waals surface area contributed by atoms with Crippen LogP contribution in [0.5, 0.6) is 0 Å². The van der Waals surface area contributed by atoms with Crippen molar-refractivity contribution >= 4 is 23.3 Å². The lowest BCUT2D eigenvalue weighted by atomic mass is 9.69. The average Bonchev–Trinajstić information content (AvgIpc) is 3.43. The Morgan fingerprint density at radius 1 is 0.917 bits per heavy atom. The largest absolute Gasteiger partial charge is 0.330 e. The first-order chi connectivity index (χ1) is 17.4. The molecule has 1 aromatic heterocycles. The first-order valence-electron chi connectivity index (χ1n) is 12.6. The Kier molecular flexibility index (Phi) is 5.34. The topological polar surface area (TPSA) is 77.6 Å². The second-order valence-corrected chi connectivity index (χ2v) is 10.5. The van der Waals surface area contributed by atoms with Gasteiger partial charge in [-0.05, 0) is 69.1 Å². The van der Waals surface area contributed by atoms with Gasteiger partial charge in [0.1, 0.15) is 0 Å². The minimum Gasteiger partial charge on any atom is -0.330 e. The molecule has 1 aliphatic carbocycles. The summed E-state index contributed by atoms with van der Waals surface area (Å²) in [5, 5.41) is 6.22. The van der Waals surface area contributed by atoms with Crippen molar-refractivity contribution in [3.05, 3.63) is 78.0 Å². The molecule has 2 N–H and O–H groups in total. The summed E-state index contributed by atoms with van der Waals surface area (Å²) in [5.74, 6) is 0.00568. The average molecular weight is 482 g/mol. The van der Waals surface area contributed by atoms with Crippen LogP contribution in [0.25, 0.3) is 11.3 Å². The maximum absolute atomic E-state index is 13.1. The van der Waals surface area contributed by atoms with Crippen molar-refractivity contribution in [2.45, 2.75) is 43.2 Å². The highest BCUT2D eigenvalue weighted by molar-refractivity contribution is 6.01. The molecule has 0 unspecified atom stereocenters. The quantitative estimate of drug-likeness (QED) is 0.574. The Balaban J connectivity index is 1.20. The number of aromatic nitrogens is 1. The number of amides is 3. The van der Waals surface area contributed by atoms with E-state index in [9.17, 15) is 9.59 Å². The number of hydrogen-bond donors (Lipinski definition) is 2. The van der Waals surface area contributed by atoms with Gasteiger partial charge in [-0.25, -0.2) is 4.79 Å². The number of pyridine rings is 1. The van der Waals surface area contributed by atoms with Gasteiger partial charge in [-0.3, -0.25) is 19.6 Å². The second kappa shape index (κ2) is 8.45. The summed E-state index contributed by atoms with van der Waals surface area (Å²) in [4.78, 5) is 33.8. The van der Waals surface area contributed by atoms with Crippen LogP contribution in [0.15, 0.2) is 66.9 Å². The third-order valence-electron chi connectivity index (χ3n) is 8.40. The van der Waals surface area contributed by atoms with Gasteiger partial charge in [0, 0.05) is 16.8 Å². The maximum atomic E-state index is 13.1. The number of hydrogen-bond acceptors (Lipinski definition) is 4. The Morgan fingerprint density at radius 2 is 1.69 bits per heavy atom. The van der Waals surface area contributed by atoms with E-state index in [2.05, 4.69) is 64.9 Å². The molecule has 184 valence electrons. The molecule has 3 aromatic rings. The van der Waals surface area contributed by atoms with Crippen molar-refractivity contribution in [3.63, 3.8) is 0 Å². The standard InChI is InChI=1S/C29H31N5O2/c1-33(2)29(20-7-4-3-5-8-20)15-13-28(14-16-29)19-34(27(36)32-28)21-11-12-24(30-18-21)22-9-6-10-25-23(22)17-26(35)31-25/h3-12,18H,13-17,19H2,1-2H3,(H,31,35)(H,32,36)/t28-,29+. The van der Waals surface area contributed by atoms with Gasteiger partial charge >= 0.3 is 6.03 Å². The van der Waals surface area contributed by atoms with Gasteiger partial charge < -0.3 is 10.6 Å². The van der Waals surface area contributed by atoms with E-state index in [-0.39, 0.29) is 23.0 Å². The molecule has 1 spiro atoms. The Bertz CT molecular complexity index is 1310. The van der Waals surface area contributed by atoms with E-state index in [4.69, 9.17) is 0 Å². The molecule has 3 amide bonds. The molecule has 6 rings (SSSR count). The lowest BCUT2D eigenvalue weighted by Gasteiger charge is -2.48. The highest BCUT2D eigenvalue weighted by atomic mass is 16.2. The van der Waals surface area contributed by atoms with Crippen LogP contribution in [0.4, 0.5) is 16.2 Å². The molecule has 2 fully saturated rings. The van der Waals surface area contributed by atoms with E-state index in [1.165, 1.54) is 5.56 Å². The summed E-state index contributed by atoms with van der Waals surface area (Å²) < 4.78 is 0. The molecule has 7 heteroatoms. The van der Waals surface area contributed by atoms with Crippen molar-refractivity contribution in [2.75, 3.05) is 30.9 Å². The number of urea groups is 1. The van der Waals surface area contributed by atoms with Crippen LogP contribution in [0.2, 0.25) is 0 Å². The lowest BCUT2D eigenvalue weighted by molar-refractivity contribution is -0.115. The molecule has 1 saturated carbocycles. The lowest BCUT2D eigenvalue weighted by Crippen LogP contribution is -2.54. The first kappa shape index (κ1) is 22.7. The Hall–Kier alpha value is -3.71. The fourth-order valence-corrected chi connectivity index (χ4v) is 6.28. The van der Waals surface area contributed by atoms with E-state index in [1.54, 1.807) is 6.20 Å². The SMILES string of the molecule is CN(C)[C@]1(c2ccccc2)CC[C@]2(CC1)CN(c1ccc(-c3cccc4c3CC(=O)N4)nc1)C(=O)N2. The van der Waals surface area contributed by atoms with Crippen LogP contribution in [0.1, 0.15) is 36.8 Å². The molecule has 1 saturated heterocycles. The van der Waals surface area contributed by atoms with Gasteiger partial charge in [0.15, 0.2) is 0 Å². The van der Waals surface area contributed by atoms with Crippen molar-refractivity contribution in [1.82, 2.24) is 15.2 Å². The molecule has 3 heterocycles. The molecule has 0 atom stereocenters. The third kappa shape index (κ3) is 3.66. The monoisotopic (exact) mass is 481 g/mol. The molecule has 0 radical (unpaired) electrons. The number of anilines is 2. The van der Waals surface area contributed by atoms with Crippen LogP contribution in [-0.2, 0) is 16.8 Å². The molecule has 7 nitrogen and oxygen atoms in total. The minimum atomic E-state index is -0.226. The smallest absolute Gasteiger partial charge is 0.322 e. The molecular formula is C29H31N5O2. The van der Waals surface area contributed by atoms with E-state index in [0.29, 0.717) is 13.0 Å². The van der Waals surface area contributed by atoms with Gasteiger partial charge in [0.2, 0.25) is 5.91 Å². The summed E-state index contributed by atoms with van der Waals surface area (Å²) >= 11 is 0. The van der Waals surface area contributed by atoms with Crippen LogP contribution in [-0.4, -0.2) is 48.0 Å². The molecule has 0 bridgehead atoms. The van der Waals surface area contributed by atoms with Crippen LogP contribution >= 0.6 is 0 Å². The highest BCUT2D eigenvalue weighted by Crippen LogP contribution is 2.46. The number of benzene rings is 2. The van der Waals surface area contributed by atoms with E-state index < -0.39 is 0 Å². The van der Waals surface area contributed by atoms with Gasteiger partial charge in [0.25, 0.3) is 0 Å². The normalized spacial score (nSPS) is 25.2. The summed E-state index contributed by atoms with van der Waals surface area (Å²) in [6.07, 6.45) is 5.95. The van der Waals surface area contributed by atoms with Crippen LogP contribution in [0, 0.1) is 0 Å². The molecular weight excluding hydrogens is 450 g/mol. The fourth-order valence-electron chi connectivity index (χ4n) is 6.28. The zero-order valence-electron chi connectivity index (χ0n) is 20.8. The first-order valence-corrected chi connectivity index (χ1v) is 12.6. The Labute approximate surface area is 211 Å². The van der Waals surface area contributed by atoms with Gasteiger partial charge in [-0.15, -0.1) is 0 Å². The van der Waals surface area contributed by atoms with Gasteiger partial charge in [0.05, 0.1) is 36.1 Å². The van der Waals surface area contributed by atoms with Crippen molar-refractivity contribution in [2.24, 2.45) is 0 Å². The molecule has 3 aliphatic rings. The number of nitrogens with one attached hydrogen (secondary N) is 2. The predicted octanol–water partition coefficient (Wildman–Crippen LogP) is 4.54. The van der Waals surface area contributed by atoms with E-state index in [0.717, 1.165) is 53.9 Å². The number of nitrogens with zero attached hydrogens (tertiary/aromatic N) is 3. The van der Waals surface area contributed by atoms with Crippen LogP contribution in [0.3, 0.4) is 0 Å². The summed E-state index contributed by atoms with van der Waals surface area (Å²) in [6, 6.07) is 20.4. The van der Waals surface area contributed by atoms with E-state index in [1.807, 2.05) is 35.2 Å². The van der Waals surface area contributed by atoms with Gasteiger partial charge in [-0.1, -0.05) is 42.5 Å². The number of rotatable bonds is 4. The predicted molar refractivity (Wildman–Crippen MR) is 141 cm³/mol. The third-order valence-corrected chi connectivity index (χ3v) is 8.40. The summed E-state index contributed by atoms with van der Waals surface area (Å²) in [7, 11) is 4.32. The molecule has 2 aliphatic heterocycles. The molecule has 2 aromatic carbocycles. The molecule has 36 heavy (non-hydrogen) atoms. The summed E-state index contributed by atoms with van der Waals surface area (Å²) in [6.45, 7) is 0.643. The number of carbonyl (C=O) groups excluding carboxylic acids is 2. The van der Waals surface area contributed by atoms with Crippen LogP contribution < -0.4 is 15.5 Å². The number of carbonyl (C=O) groups is 2. The highest BCUT2D eigenvalue weighted by Gasteiger charge is 2.50. The van der Waals surface area contributed by atoms with Crippen molar-refractivity contribution in [1.29, 1.82) is 0 Å². The van der Waals surface area contributed by atoms with E-state index >= 15 is 0 Å². The Morgan fingerprint density at radius 3 is 2.39 bits per heavy atom. The summed E-state index contributed by atoms with van der Waals surface area (Å²) in [5.41, 5.74) is 5.48. The zero-order chi connectivity index (χ0) is 24.9. The fraction of sp³-hybridized carbons (Fsp3) is 0.345. The zero-order valence-corrected chi connectivity index (χ0v) is 20.8. The van der Waals surface area contributed by atoms with Gasteiger partial charge in [-0.2, -0.15) is 0 Å². The number of fused-ring (bicyclic) bond motifs is 1. The maximum Gasteiger partial charge on any atom is 0.322 e.